The summed E-state index contributed by atoms with van der Waals surface area (Å²) < 4.78 is 5.22. The average Bonchev–Trinajstić information content (AvgIpc) is 2.66. The first-order valence-corrected chi connectivity index (χ1v) is 8.44. The first-order chi connectivity index (χ1) is 12.6. The van der Waals surface area contributed by atoms with Crippen molar-refractivity contribution in [2.45, 2.75) is 26.4 Å². The Morgan fingerprint density at radius 1 is 1.00 bits per heavy atom. The van der Waals surface area contributed by atoms with E-state index in [9.17, 15) is 9.59 Å². The van der Waals surface area contributed by atoms with Gasteiger partial charge in [-0.05, 0) is 18.1 Å². The molecule has 2 aromatic carbocycles. The van der Waals surface area contributed by atoms with Crippen molar-refractivity contribution in [1.29, 1.82) is 0 Å². The van der Waals surface area contributed by atoms with E-state index in [4.69, 9.17) is 4.74 Å². The number of esters is 1. The minimum Gasteiger partial charge on any atom is -0.461 e. The predicted octanol–water partition coefficient (Wildman–Crippen LogP) is 2.96. The van der Waals surface area contributed by atoms with Crippen molar-refractivity contribution in [2.75, 3.05) is 0 Å². The number of aromatic amines is 1. The maximum absolute atomic E-state index is 12.3. The molecule has 0 saturated heterocycles. The highest BCUT2D eigenvalue weighted by Crippen LogP contribution is 2.09. The lowest BCUT2D eigenvalue weighted by Crippen LogP contribution is -2.22. The Morgan fingerprint density at radius 2 is 1.62 bits per heavy atom. The summed E-state index contributed by atoms with van der Waals surface area (Å²) in [6.07, 6.45) is 0.447. The van der Waals surface area contributed by atoms with Gasteiger partial charge in [0.1, 0.15) is 12.3 Å². The zero-order valence-electron chi connectivity index (χ0n) is 14.6. The van der Waals surface area contributed by atoms with Gasteiger partial charge in [-0.2, -0.15) is 0 Å². The third kappa shape index (κ3) is 4.66. The molecule has 0 fully saturated rings. The van der Waals surface area contributed by atoms with Crippen molar-refractivity contribution >= 4 is 5.97 Å². The lowest BCUT2D eigenvalue weighted by atomic mass is 10.1. The second-order valence-electron chi connectivity index (χ2n) is 6.06. The third-order valence-electron chi connectivity index (χ3n) is 4.04. The van der Waals surface area contributed by atoms with Crippen molar-refractivity contribution in [1.82, 2.24) is 9.97 Å². The zero-order chi connectivity index (χ0) is 18.4. The van der Waals surface area contributed by atoms with Gasteiger partial charge in [-0.25, -0.2) is 4.98 Å². The highest BCUT2D eigenvalue weighted by Gasteiger charge is 2.13. The molecule has 5 heteroatoms. The standard InChI is InChI=1S/C21H20N2O3/c1-15-18(12-16-8-4-2-5-9-16)23-21(25)19(22-15)13-20(24)26-14-17-10-6-3-7-11-17/h2-11H,12-14H2,1H3,(H,23,25). The van der Waals surface area contributed by atoms with Crippen LogP contribution in [0.15, 0.2) is 65.5 Å². The number of hydrogen-bond acceptors (Lipinski definition) is 4. The van der Waals surface area contributed by atoms with Crippen LogP contribution in [0.1, 0.15) is 28.2 Å². The number of ether oxygens (including phenoxy) is 1. The quantitative estimate of drug-likeness (QED) is 0.695. The third-order valence-corrected chi connectivity index (χ3v) is 4.04. The Bertz CT molecular complexity index is 934. The maximum Gasteiger partial charge on any atom is 0.312 e. The van der Waals surface area contributed by atoms with Crippen molar-refractivity contribution in [3.05, 3.63) is 99.2 Å². The summed E-state index contributed by atoms with van der Waals surface area (Å²) >= 11 is 0. The highest BCUT2D eigenvalue weighted by molar-refractivity contribution is 5.71. The molecule has 0 radical (unpaired) electrons. The summed E-state index contributed by atoms with van der Waals surface area (Å²) in [5, 5.41) is 0. The molecule has 1 N–H and O–H groups in total. The number of rotatable bonds is 6. The Kier molecular flexibility index (Phi) is 5.59. The molecule has 0 amide bonds. The van der Waals surface area contributed by atoms with Gasteiger partial charge in [0, 0.05) is 12.1 Å². The molecule has 3 rings (SSSR count). The Morgan fingerprint density at radius 3 is 2.27 bits per heavy atom. The van der Waals surface area contributed by atoms with E-state index >= 15 is 0 Å². The molecule has 0 unspecified atom stereocenters. The largest absolute Gasteiger partial charge is 0.461 e. The molecular weight excluding hydrogens is 328 g/mol. The second-order valence-corrected chi connectivity index (χ2v) is 6.06. The Balaban J connectivity index is 1.66. The smallest absolute Gasteiger partial charge is 0.312 e. The molecule has 5 nitrogen and oxygen atoms in total. The average molecular weight is 348 g/mol. The molecule has 0 spiro atoms. The number of nitrogens with one attached hydrogen (secondary N) is 1. The summed E-state index contributed by atoms with van der Waals surface area (Å²) in [5.41, 5.74) is 3.28. The van der Waals surface area contributed by atoms with Crippen LogP contribution in [0.3, 0.4) is 0 Å². The van der Waals surface area contributed by atoms with E-state index in [1.807, 2.05) is 67.6 Å². The van der Waals surface area contributed by atoms with E-state index in [0.717, 1.165) is 16.8 Å². The molecule has 0 bridgehead atoms. The molecule has 0 atom stereocenters. The summed E-state index contributed by atoms with van der Waals surface area (Å²) in [5.74, 6) is -0.470. The van der Waals surface area contributed by atoms with Gasteiger partial charge >= 0.3 is 5.97 Å². The van der Waals surface area contributed by atoms with Gasteiger partial charge in [-0.1, -0.05) is 60.7 Å². The lowest BCUT2D eigenvalue weighted by molar-refractivity contribution is -0.144. The van der Waals surface area contributed by atoms with Gasteiger partial charge in [-0.3, -0.25) is 9.59 Å². The number of aryl methyl sites for hydroxylation is 1. The fraction of sp³-hybridized carbons (Fsp3) is 0.190. The van der Waals surface area contributed by atoms with Crippen LogP contribution in [0, 0.1) is 6.92 Å². The maximum atomic E-state index is 12.3. The van der Waals surface area contributed by atoms with E-state index < -0.39 is 5.97 Å². The van der Waals surface area contributed by atoms with E-state index in [1.54, 1.807) is 0 Å². The molecule has 26 heavy (non-hydrogen) atoms. The van der Waals surface area contributed by atoms with Crippen molar-refractivity contribution in [3.63, 3.8) is 0 Å². The number of nitrogens with zero attached hydrogens (tertiary/aromatic N) is 1. The van der Waals surface area contributed by atoms with Crippen LogP contribution in [-0.2, 0) is 29.0 Å². The predicted molar refractivity (Wildman–Crippen MR) is 98.8 cm³/mol. The van der Waals surface area contributed by atoms with E-state index in [1.165, 1.54) is 0 Å². The molecule has 1 aromatic heterocycles. The zero-order valence-corrected chi connectivity index (χ0v) is 14.6. The first kappa shape index (κ1) is 17.6. The van der Waals surface area contributed by atoms with Gasteiger partial charge in [0.2, 0.25) is 0 Å². The number of carbonyl (C=O) groups is 1. The molecule has 0 aliphatic heterocycles. The molecule has 0 aliphatic carbocycles. The number of benzene rings is 2. The van der Waals surface area contributed by atoms with Gasteiger partial charge in [0.25, 0.3) is 5.56 Å². The monoisotopic (exact) mass is 348 g/mol. The Hall–Kier alpha value is -3.21. The first-order valence-electron chi connectivity index (χ1n) is 8.44. The minimum atomic E-state index is -0.470. The molecule has 0 aliphatic rings. The minimum absolute atomic E-state index is 0.144. The molecule has 0 saturated carbocycles. The molecule has 132 valence electrons. The van der Waals surface area contributed by atoms with E-state index in [-0.39, 0.29) is 24.3 Å². The van der Waals surface area contributed by atoms with Crippen molar-refractivity contribution < 1.29 is 9.53 Å². The molecular formula is C21H20N2O3. The number of carbonyl (C=O) groups excluding carboxylic acids is 1. The van der Waals surface area contributed by atoms with Gasteiger partial charge < -0.3 is 9.72 Å². The fourth-order valence-electron chi connectivity index (χ4n) is 2.64. The SMILES string of the molecule is Cc1nc(CC(=O)OCc2ccccc2)c(=O)[nH]c1Cc1ccccc1. The number of H-pyrrole nitrogens is 1. The van der Waals surface area contributed by atoms with Crippen molar-refractivity contribution in [2.24, 2.45) is 0 Å². The van der Waals surface area contributed by atoms with Gasteiger partial charge in [0.15, 0.2) is 0 Å². The topological polar surface area (TPSA) is 72.0 Å². The van der Waals surface area contributed by atoms with E-state index in [2.05, 4.69) is 9.97 Å². The molecule has 1 heterocycles. The normalized spacial score (nSPS) is 10.5. The second kappa shape index (κ2) is 8.25. The Labute approximate surface area is 151 Å². The molecule has 3 aromatic rings. The lowest BCUT2D eigenvalue weighted by Gasteiger charge is -2.08. The number of hydrogen-bond donors (Lipinski definition) is 1. The van der Waals surface area contributed by atoms with Crippen LogP contribution >= 0.6 is 0 Å². The summed E-state index contributed by atoms with van der Waals surface area (Å²) in [6, 6.07) is 19.2. The summed E-state index contributed by atoms with van der Waals surface area (Å²) in [4.78, 5) is 31.4. The van der Waals surface area contributed by atoms with Crippen LogP contribution in [0.2, 0.25) is 0 Å². The summed E-state index contributed by atoms with van der Waals surface area (Å²) in [7, 11) is 0. The number of aromatic nitrogens is 2. The van der Waals surface area contributed by atoms with Gasteiger partial charge in [-0.15, -0.1) is 0 Å². The highest BCUT2D eigenvalue weighted by atomic mass is 16.5. The van der Waals surface area contributed by atoms with Crippen LogP contribution in [-0.4, -0.2) is 15.9 Å². The van der Waals surface area contributed by atoms with Gasteiger partial charge in [0.05, 0.1) is 12.1 Å². The van der Waals surface area contributed by atoms with Crippen molar-refractivity contribution in [3.8, 4) is 0 Å². The van der Waals surface area contributed by atoms with Crippen LogP contribution < -0.4 is 5.56 Å². The van der Waals surface area contributed by atoms with E-state index in [0.29, 0.717) is 12.1 Å². The van der Waals surface area contributed by atoms with Crippen LogP contribution in [0.5, 0.6) is 0 Å². The fourth-order valence-corrected chi connectivity index (χ4v) is 2.64. The van der Waals surface area contributed by atoms with Crippen LogP contribution in [0.25, 0.3) is 0 Å². The van der Waals surface area contributed by atoms with Crippen LogP contribution in [0.4, 0.5) is 0 Å². The summed E-state index contributed by atoms with van der Waals surface area (Å²) in [6.45, 7) is 2.01.